The molecule has 2 aromatic rings. The van der Waals surface area contributed by atoms with Crippen molar-refractivity contribution in [3.05, 3.63) is 52.3 Å². The van der Waals surface area contributed by atoms with Gasteiger partial charge in [0.1, 0.15) is 0 Å². The second-order valence-corrected chi connectivity index (χ2v) is 6.31. The lowest BCUT2D eigenvalue weighted by Crippen LogP contribution is -2.16. The molecule has 1 atom stereocenters. The molecular formula is C15H16Cl2N2S. The van der Waals surface area contributed by atoms with Gasteiger partial charge < -0.3 is 5.32 Å². The maximum absolute atomic E-state index is 6.02. The summed E-state index contributed by atoms with van der Waals surface area (Å²) in [4.78, 5) is 6.65. The van der Waals surface area contributed by atoms with E-state index in [1.807, 2.05) is 31.4 Å². The summed E-state index contributed by atoms with van der Waals surface area (Å²) in [5, 5.41) is 4.39. The molecule has 0 fully saturated rings. The average Bonchev–Trinajstić information content (AvgIpc) is 2.46. The topological polar surface area (TPSA) is 24.9 Å². The molecule has 0 bridgehead atoms. The van der Waals surface area contributed by atoms with Crippen molar-refractivity contribution in [2.45, 2.75) is 29.2 Å². The Morgan fingerprint density at radius 1 is 1.15 bits per heavy atom. The molecule has 0 radical (unpaired) electrons. The van der Waals surface area contributed by atoms with Crippen LogP contribution in [0.15, 0.2) is 46.3 Å². The van der Waals surface area contributed by atoms with Gasteiger partial charge in [0, 0.05) is 22.0 Å². The third-order valence-electron chi connectivity index (χ3n) is 3.00. The predicted molar refractivity (Wildman–Crippen MR) is 86.9 cm³/mol. The van der Waals surface area contributed by atoms with Gasteiger partial charge in [-0.3, -0.25) is 4.98 Å². The van der Waals surface area contributed by atoms with E-state index >= 15 is 0 Å². The van der Waals surface area contributed by atoms with Crippen molar-refractivity contribution in [1.82, 2.24) is 10.3 Å². The molecule has 1 aromatic carbocycles. The Balaban J connectivity index is 2.12. The third-order valence-corrected chi connectivity index (χ3v) is 4.71. The van der Waals surface area contributed by atoms with E-state index in [4.69, 9.17) is 23.2 Å². The maximum atomic E-state index is 6.02. The zero-order chi connectivity index (χ0) is 14.5. The van der Waals surface area contributed by atoms with Gasteiger partial charge in [0.05, 0.1) is 15.7 Å². The molecule has 5 heteroatoms. The normalized spacial score (nSPS) is 12.4. The number of halogens is 2. The zero-order valence-electron chi connectivity index (χ0n) is 11.4. The number of nitrogens with zero attached hydrogens (tertiary/aromatic N) is 1. The van der Waals surface area contributed by atoms with E-state index in [0.717, 1.165) is 21.9 Å². The zero-order valence-corrected chi connectivity index (χ0v) is 13.7. The van der Waals surface area contributed by atoms with E-state index in [9.17, 15) is 0 Å². The van der Waals surface area contributed by atoms with Gasteiger partial charge in [-0.25, -0.2) is 0 Å². The summed E-state index contributed by atoms with van der Waals surface area (Å²) in [7, 11) is 1.95. The lowest BCUT2D eigenvalue weighted by atomic mass is 10.1. The van der Waals surface area contributed by atoms with Crippen LogP contribution in [0.4, 0.5) is 0 Å². The molecule has 106 valence electrons. The Labute approximate surface area is 133 Å². The number of benzene rings is 1. The van der Waals surface area contributed by atoms with Gasteiger partial charge in [0.15, 0.2) is 0 Å². The molecule has 1 unspecified atom stereocenters. The van der Waals surface area contributed by atoms with Crippen molar-refractivity contribution in [1.29, 1.82) is 0 Å². The van der Waals surface area contributed by atoms with E-state index < -0.39 is 0 Å². The number of nitrogens with one attached hydrogen (secondary N) is 1. The first-order chi connectivity index (χ1) is 9.63. The number of aromatic nitrogens is 1. The molecule has 0 aliphatic heterocycles. The van der Waals surface area contributed by atoms with Crippen molar-refractivity contribution >= 4 is 35.0 Å². The van der Waals surface area contributed by atoms with E-state index in [1.54, 1.807) is 11.8 Å². The molecule has 0 saturated carbocycles. The van der Waals surface area contributed by atoms with Crippen LogP contribution in [-0.4, -0.2) is 12.0 Å². The minimum atomic E-state index is 0.305. The number of hydrogen-bond acceptors (Lipinski definition) is 3. The van der Waals surface area contributed by atoms with Crippen LogP contribution in [0.2, 0.25) is 10.0 Å². The highest BCUT2D eigenvalue weighted by Crippen LogP contribution is 2.32. The van der Waals surface area contributed by atoms with Gasteiger partial charge in [-0.15, -0.1) is 0 Å². The SMILES string of the molecule is CCC(NC)c1ccc(Sc2ccc(Cl)c(Cl)c2)cn1. The van der Waals surface area contributed by atoms with Crippen LogP contribution in [0, 0.1) is 0 Å². The van der Waals surface area contributed by atoms with Crippen LogP contribution in [0.25, 0.3) is 0 Å². The Kier molecular flexibility index (Phi) is 5.73. The molecule has 0 aliphatic rings. The van der Waals surface area contributed by atoms with Gasteiger partial charge in [-0.1, -0.05) is 41.9 Å². The third kappa shape index (κ3) is 3.89. The Morgan fingerprint density at radius 3 is 2.45 bits per heavy atom. The van der Waals surface area contributed by atoms with Crippen LogP contribution in [0.1, 0.15) is 25.1 Å². The molecule has 0 aliphatic carbocycles. The van der Waals surface area contributed by atoms with E-state index in [0.29, 0.717) is 16.1 Å². The second kappa shape index (κ2) is 7.32. The fourth-order valence-corrected chi connectivity index (χ4v) is 3.09. The van der Waals surface area contributed by atoms with E-state index in [1.165, 1.54) is 0 Å². The summed E-state index contributed by atoms with van der Waals surface area (Å²) in [6, 6.07) is 10.1. The van der Waals surface area contributed by atoms with Crippen LogP contribution in [-0.2, 0) is 0 Å². The van der Waals surface area contributed by atoms with Crippen LogP contribution < -0.4 is 5.32 Å². The van der Waals surface area contributed by atoms with Gasteiger partial charge in [-0.2, -0.15) is 0 Å². The fourth-order valence-electron chi connectivity index (χ4n) is 1.90. The van der Waals surface area contributed by atoms with Crippen molar-refractivity contribution in [2.75, 3.05) is 7.05 Å². The molecule has 1 aromatic heterocycles. The van der Waals surface area contributed by atoms with Gasteiger partial charge in [0.25, 0.3) is 0 Å². The summed E-state index contributed by atoms with van der Waals surface area (Å²) in [5.74, 6) is 0. The van der Waals surface area contributed by atoms with Crippen LogP contribution >= 0.6 is 35.0 Å². The van der Waals surface area contributed by atoms with Crippen molar-refractivity contribution < 1.29 is 0 Å². The molecule has 0 spiro atoms. The molecule has 1 N–H and O–H groups in total. The highest BCUT2D eigenvalue weighted by molar-refractivity contribution is 7.99. The number of hydrogen-bond donors (Lipinski definition) is 1. The van der Waals surface area contributed by atoms with Gasteiger partial charge in [0.2, 0.25) is 0 Å². The molecule has 2 nitrogen and oxygen atoms in total. The molecule has 0 saturated heterocycles. The minimum Gasteiger partial charge on any atom is -0.312 e. The van der Waals surface area contributed by atoms with Crippen LogP contribution in [0.3, 0.4) is 0 Å². The Bertz CT molecular complexity index is 569. The molecule has 1 heterocycles. The highest BCUT2D eigenvalue weighted by atomic mass is 35.5. The molecular weight excluding hydrogens is 311 g/mol. The molecule has 0 amide bonds. The van der Waals surface area contributed by atoms with Crippen molar-refractivity contribution in [2.24, 2.45) is 0 Å². The fraction of sp³-hybridized carbons (Fsp3) is 0.267. The summed E-state index contributed by atoms with van der Waals surface area (Å²) in [6.07, 6.45) is 2.91. The number of rotatable bonds is 5. The van der Waals surface area contributed by atoms with E-state index in [2.05, 4.69) is 29.4 Å². The van der Waals surface area contributed by atoms with Gasteiger partial charge in [-0.05, 0) is 43.8 Å². The summed E-state index contributed by atoms with van der Waals surface area (Å²) in [5.41, 5.74) is 1.06. The quantitative estimate of drug-likeness (QED) is 0.816. The molecule has 20 heavy (non-hydrogen) atoms. The lowest BCUT2D eigenvalue weighted by molar-refractivity contribution is 0.561. The number of pyridine rings is 1. The maximum Gasteiger partial charge on any atom is 0.0603 e. The largest absolute Gasteiger partial charge is 0.312 e. The summed E-state index contributed by atoms with van der Waals surface area (Å²) >= 11 is 13.5. The first kappa shape index (κ1) is 15.6. The standard InChI is InChI=1S/C15H16Cl2N2S/c1-3-14(18-2)15-7-5-11(9-19-15)20-10-4-6-12(16)13(17)8-10/h4-9,14,18H,3H2,1-2H3. The smallest absolute Gasteiger partial charge is 0.0603 e. The summed E-state index contributed by atoms with van der Waals surface area (Å²) < 4.78 is 0. The first-order valence-electron chi connectivity index (χ1n) is 6.40. The highest BCUT2D eigenvalue weighted by Gasteiger charge is 2.08. The first-order valence-corrected chi connectivity index (χ1v) is 7.97. The van der Waals surface area contributed by atoms with Crippen LogP contribution in [0.5, 0.6) is 0 Å². The van der Waals surface area contributed by atoms with Crippen molar-refractivity contribution in [3.8, 4) is 0 Å². The Morgan fingerprint density at radius 2 is 1.90 bits per heavy atom. The van der Waals surface area contributed by atoms with E-state index in [-0.39, 0.29) is 0 Å². The lowest BCUT2D eigenvalue weighted by Gasteiger charge is -2.13. The monoisotopic (exact) mass is 326 g/mol. The second-order valence-electron chi connectivity index (χ2n) is 4.35. The summed E-state index contributed by atoms with van der Waals surface area (Å²) in [6.45, 7) is 2.14. The minimum absolute atomic E-state index is 0.305. The molecule has 2 rings (SSSR count). The van der Waals surface area contributed by atoms with Crippen molar-refractivity contribution in [3.63, 3.8) is 0 Å². The van der Waals surface area contributed by atoms with Gasteiger partial charge >= 0.3 is 0 Å². The Hall–Kier alpha value is -0.740. The average molecular weight is 327 g/mol. The predicted octanol–water partition coefficient (Wildman–Crippen LogP) is 5.21.